The Bertz CT molecular complexity index is 2430. The van der Waals surface area contributed by atoms with Crippen molar-refractivity contribution in [1.82, 2.24) is 0 Å². The molecular formula is C38H16F6N2O6. The van der Waals surface area contributed by atoms with E-state index in [2.05, 4.69) is 9.47 Å². The standard InChI is InChI=1S/C38H16F6N2O6/c39-37(40,41)51-19-5-1-17(2-6-19)45-33(47)25-13-9-21-23-11-15-27-32-28(16-12-24(30(23)32)22-10-14-26(34(45)48)31(25)29(21)22)36(50)46(35(27)49)18-3-7-20(8-4-18)52-38(42,43)44/h1-16H. The molecule has 0 aromatic heterocycles. The highest BCUT2D eigenvalue weighted by Crippen LogP contribution is 2.47. The average molecular weight is 711 g/mol. The van der Waals surface area contributed by atoms with Gasteiger partial charge in [0.25, 0.3) is 23.6 Å². The van der Waals surface area contributed by atoms with E-state index in [0.29, 0.717) is 43.1 Å². The van der Waals surface area contributed by atoms with Gasteiger partial charge in [0.2, 0.25) is 0 Å². The Hall–Kier alpha value is -6.70. The topological polar surface area (TPSA) is 93.2 Å². The zero-order valence-corrected chi connectivity index (χ0v) is 25.8. The third-order valence-electron chi connectivity index (χ3n) is 9.29. The number of fused-ring (bicyclic) bond motifs is 2. The number of amides is 4. The van der Waals surface area contributed by atoms with Gasteiger partial charge in [-0.2, -0.15) is 0 Å². The monoisotopic (exact) mass is 710 g/mol. The number of halogens is 6. The molecule has 14 heteroatoms. The summed E-state index contributed by atoms with van der Waals surface area (Å²) in [5, 5.41) is 4.50. The van der Waals surface area contributed by atoms with Crippen LogP contribution in [0.2, 0.25) is 0 Å². The molecule has 0 saturated carbocycles. The Labute approximate surface area is 286 Å². The van der Waals surface area contributed by atoms with Gasteiger partial charge >= 0.3 is 12.7 Å². The first-order valence-electron chi connectivity index (χ1n) is 15.4. The third-order valence-corrected chi connectivity index (χ3v) is 9.29. The second kappa shape index (κ2) is 10.4. The molecule has 2 aliphatic heterocycles. The van der Waals surface area contributed by atoms with Crippen LogP contribution in [-0.4, -0.2) is 36.4 Å². The number of benzene rings is 7. The van der Waals surface area contributed by atoms with Gasteiger partial charge in [-0.25, -0.2) is 9.80 Å². The Morgan fingerprint density at radius 2 is 0.635 bits per heavy atom. The molecule has 0 N–H and O–H groups in total. The van der Waals surface area contributed by atoms with Crippen molar-refractivity contribution in [2.75, 3.05) is 9.80 Å². The van der Waals surface area contributed by atoms with Gasteiger partial charge in [-0.3, -0.25) is 19.2 Å². The lowest BCUT2D eigenvalue weighted by molar-refractivity contribution is -0.275. The number of hydrogen-bond acceptors (Lipinski definition) is 6. The molecule has 7 aromatic rings. The van der Waals surface area contributed by atoms with Crippen LogP contribution in [0.1, 0.15) is 41.4 Å². The van der Waals surface area contributed by atoms with Crippen LogP contribution in [0.4, 0.5) is 37.7 Å². The lowest BCUT2D eigenvalue weighted by Gasteiger charge is -2.30. The average Bonchev–Trinajstić information content (AvgIpc) is 3.09. The summed E-state index contributed by atoms with van der Waals surface area (Å²) in [5.41, 5.74) is 0.837. The summed E-state index contributed by atoms with van der Waals surface area (Å²) >= 11 is 0. The molecule has 2 heterocycles. The van der Waals surface area contributed by atoms with E-state index in [-0.39, 0.29) is 33.6 Å². The van der Waals surface area contributed by atoms with Gasteiger partial charge in [-0.1, -0.05) is 24.3 Å². The van der Waals surface area contributed by atoms with E-state index in [9.17, 15) is 45.5 Å². The first kappa shape index (κ1) is 31.3. The molecular weight excluding hydrogens is 694 g/mol. The molecule has 8 nitrogen and oxygen atoms in total. The second-order valence-electron chi connectivity index (χ2n) is 12.1. The van der Waals surface area contributed by atoms with Crippen LogP contribution >= 0.6 is 0 Å². The van der Waals surface area contributed by atoms with Gasteiger partial charge in [0, 0.05) is 33.0 Å². The number of rotatable bonds is 4. The smallest absolute Gasteiger partial charge is 0.406 e. The maximum Gasteiger partial charge on any atom is 0.573 e. The summed E-state index contributed by atoms with van der Waals surface area (Å²) in [6.07, 6.45) is -9.84. The van der Waals surface area contributed by atoms with Gasteiger partial charge in [-0.15, -0.1) is 26.3 Å². The van der Waals surface area contributed by atoms with E-state index in [1.807, 2.05) is 0 Å². The van der Waals surface area contributed by atoms with Crippen molar-refractivity contribution in [2.24, 2.45) is 0 Å². The van der Waals surface area contributed by atoms with Gasteiger partial charge in [0.05, 0.1) is 11.4 Å². The molecule has 0 fully saturated rings. The minimum Gasteiger partial charge on any atom is -0.406 e. The predicted molar refractivity (Wildman–Crippen MR) is 176 cm³/mol. The highest BCUT2D eigenvalue weighted by atomic mass is 19.4. The van der Waals surface area contributed by atoms with Crippen LogP contribution in [0.3, 0.4) is 0 Å². The highest BCUT2D eigenvalue weighted by molar-refractivity contribution is 6.45. The molecule has 0 spiro atoms. The number of carbonyl (C=O) groups excluding carboxylic acids is 4. The lowest BCUT2D eigenvalue weighted by Crippen LogP contribution is -2.40. The summed E-state index contributed by atoms with van der Waals surface area (Å²) in [5.74, 6) is -3.77. The summed E-state index contributed by atoms with van der Waals surface area (Å²) in [6, 6.07) is 21.8. The van der Waals surface area contributed by atoms with Crippen LogP contribution in [0.15, 0.2) is 97.1 Å². The molecule has 0 bridgehead atoms. The van der Waals surface area contributed by atoms with Crippen LogP contribution in [0, 0.1) is 0 Å². The minimum atomic E-state index is -4.92. The van der Waals surface area contributed by atoms with Crippen molar-refractivity contribution in [3.8, 4) is 11.5 Å². The second-order valence-corrected chi connectivity index (χ2v) is 12.1. The predicted octanol–water partition coefficient (Wildman–Crippen LogP) is 9.14. The molecule has 0 unspecified atom stereocenters. The first-order valence-corrected chi connectivity index (χ1v) is 15.4. The molecule has 0 atom stereocenters. The van der Waals surface area contributed by atoms with Crippen LogP contribution < -0.4 is 19.3 Å². The van der Waals surface area contributed by atoms with E-state index in [4.69, 9.17) is 0 Å². The molecule has 0 radical (unpaired) electrons. The SMILES string of the molecule is O=C1c2ccc3c4ccc5c6c(ccc(c7ccc(c2c37)C(=O)N1c1ccc(OC(F)(F)F)cc1)c64)C(=O)N(c1ccc(OC(F)(F)F)cc1)C5=O. The number of anilines is 2. The zero-order valence-electron chi connectivity index (χ0n) is 25.8. The number of carbonyl (C=O) groups is 4. The number of alkyl halides is 6. The Morgan fingerprint density at radius 1 is 0.365 bits per heavy atom. The summed E-state index contributed by atoms with van der Waals surface area (Å²) in [6.45, 7) is 0. The van der Waals surface area contributed by atoms with Crippen molar-refractivity contribution < 1.29 is 55.0 Å². The van der Waals surface area contributed by atoms with Gasteiger partial charge in [0.15, 0.2) is 0 Å². The number of imide groups is 2. The van der Waals surface area contributed by atoms with E-state index >= 15 is 0 Å². The largest absolute Gasteiger partial charge is 0.573 e. The third kappa shape index (κ3) is 4.49. The summed E-state index contributed by atoms with van der Waals surface area (Å²) in [4.78, 5) is 57.3. The van der Waals surface area contributed by atoms with Gasteiger partial charge in [-0.05, 0) is 105 Å². The van der Waals surface area contributed by atoms with E-state index in [1.54, 1.807) is 48.5 Å². The maximum absolute atomic E-state index is 13.9. The van der Waals surface area contributed by atoms with Gasteiger partial charge < -0.3 is 9.47 Å². The molecule has 52 heavy (non-hydrogen) atoms. The molecule has 9 rings (SSSR count). The van der Waals surface area contributed by atoms with E-state index < -0.39 is 47.9 Å². The summed E-state index contributed by atoms with van der Waals surface area (Å²) < 4.78 is 84.0. The Morgan fingerprint density at radius 3 is 0.885 bits per heavy atom. The fourth-order valence-corrected chi connectivity index (χ4v) is 7.33. The van der Waals surface area contributed by atoms with Crippen LogP contribution in [0.5, 0.6) is 11.5 Å². The molecule has 4 amide bonds. The highest BCUT2D eigenvalue weighted by Gasteiger charge is 2.39. The molecule has 7 aromatic carbocycles. The normalized spacial score (nSPS) is 14.8. The summed E-state index contributed by atoms with van der Waals surface area (Å²) in [7, 11) is 0. The fourth-order valence-electron chi connectivity index (χ4n) is 7.33. The van der Waals surface area contributed by atoms with Crippen LogP contribution in [-0.2, 0) is 0 Å². The molecule has 256 valence electrons. The van der Waals surface area contributed by atoms with Crippen molar-refractivity contribution in [3.05, 3.63) is 119 Å². The van der Waals surface area contributed by atoms with E-state index in [0.717, 1.165) is 34.1 Å². The van der Waals surface area contributed by atoms with Gasteiger partial charge in [0.1, 0.15) is 11.5 Å². The van der Waals surface area contributed by atoms with Crippen LogP contribution in [0.25, 0.3) is 43.1 Å². The van der Waals surface area contributed by atoms with Crippen molar-refractivity contribution in [2.45, 2.75) is 12.7 Å². The Kier molecular flexibility index (Phi) is 6.27. The Balaban J connectivity index is 1.17. The quantitative estimate of drug-likeness (QED) is 0.0783. The molecule has 2 aliphatic rings. The lowest BCUT2D eigenvalue weighted by atomic mass is 9.82. The fraction of sp³-hybridized carbons (Fsp3) is 0.0526. The van der Waals surface area contributed by atoms with Crippen molar-refractivity contribution in [1.29, 1.82) is 0 Å². The first-order chi connectivity index (χ1) is 24.7. The van der Waals surface area contributed by atoms with Crippen molar-refractivity contribution in [3.63, 3.8) is 0 Å². The number of hydrogen-bond donors (Lipinski definition) is 0. The number of nitrogens with zero attached hydrogens (tertiary/aromatic N) is 2. The number of ether oxygens (including phenoxy) is 2. The van der Waals surface area contributed by atoms with Crippen molar-refractivity contribution >= 4 is 78.1 Å². The molecule has 0 saturated heterocycles. The zero-order chi connectivity index (χ0) is 36.4. The molecule has 0 aliphatic carbocycles. The maximum atomic E-state index is 13.9. The minimum absolute atomic E-state index is 0.0437. The van der Waals surface area contributed by atoms with E-state index in [1.165, 1.54) is 24.3 Å².